The van der Waals surface area contributed by atoms with Gasteiger partial charge in [0.25, 0.3) is 0 Å². The number of ether oxygens (including phenoxy) is 1. The summed E-state index contributed by atoms with van der Waals surface area (Å²) in [6.07, 6.45) is 15.5. The highest BCUT2D eigenvalue weighted by Gasteiger charge is 2.15. The summed E-state index contributed by atoms with van der Waals surface area (Å²) in [5.41, 5.74) is 0. The Labute approximate surface area is 148 Å². The second-order valence-corrected chi connectivity index (χ2v) is 6.76. The zero-order valence-electron chi connectivity index (χ0n) is 15.9. The van der Waals surface area contributed by atoms with E-state index in [1.165, 1.54) is 64.2 Å². The number of unbranched alkanes of at least 4 members (excludes halogenated alkanes) is 11. The van der Waals surface area contributed by atoms with Crippen molar-refractivity contribution >= 4 is 11.9 Å². The van der Waals surface area contributed by atoms with E-state index >= 15 is 0 Å². The van der Waals surface area contributed by atoms with Crippen molar-refractivity contribution in [3.8, 4) is 0 Å². The number of carbonyl (C=O) groups is 2. The average molecular weight is 343 g/mol. The largest absolute Gasteiger partial charge is 0.481 e. The van der Waals surface area contributed by atoms with Gasteiger partial charge in [0.15, 0.2) is 0 Å². The van der Waals surface area contributed by atoms with E-state index in [9.17, 15) is 9.59 Å². The minimum atomic E-state index is -0.917. The Morgan fingerprint density at radius 2 is 1.25 bits per heavy atom. The van der Waals surface area contributed by atoms with Crippen LogP contribution >= 0.6 is 0 Å². The van der Waals surface area contributed by atoms with Gasteiger partial charge in [-0.25, -0.2) is 0 Å². The summed E-state index contributed by atoms with van der Waals surface area (Å²) < 4.78 is 5.19. The minimum absolute atomic E-state index is 0.0965. The van der Waals surface area contributed by atoms with Crippen LogP contribution in [0.25, 0.3) is 0 Å². The third-order valence-corrected chi connectivity index (χ3v) is 4.39. The number of esters is 1. The second kappa shape index (κ2) is 16.8. The van der Waals surface area contributed by atoms with Gasteiger partial charge in [-0.2, -0.15) is 0 Å². The molecule has 24 heavy (non-hydrogen) atoms. The average Bonchev–Trinajstić information content (AvgIpc) is 2.54. The van der Waals surface area contributed by atoms with Gasteiger partial charge in [-0.1, -0.05) is 84.5 Å². The molecule has 0 amide bonds. The number of hydrogen-bond donors (Lipinski definition) is 1. The van der Waals surface area contributed by atoms with Crippen LogP contribution in [-0.4, -0.2) is 23.1 Å². The van der Waals surface area contributed by atoms with Crippen molar-refractivity contribution in [1.82, 2.24) is 0 Å². The lowest BCUT2D eigenvalue weighted by atomic mass is 10.0. The molecule has 0 rings (SSSR count). The van der Waals surface area contributed by atoms with Gasteiger partial charge < -0.3 is 9.84 Å². The van der Waals surface area contributed by atoms with Crippen molar-refractivity contribution < 1.29 is 19.4 Å². The zero-order chi connectivity index (χ0) is 18.0. The van der Waals surface area contributed by atoms with E-state index in [0.717, 1.165) is 12.8 Å². The lowest BCUT2D eigenvalue weighted by Gasteiger charge is -2.13. The minimum Gasteiger partial charge on any atom is -0.481 e. The zero-order valence-corrected chi connectivity index (χ0v) is 15.9. The number of carboxylic acid groups (broad SMARTS) is 1. The topological polar surface area (TPSA) is 63.6 Å². The Bertz CT molecular complexity index is 315. The van der Waals surface area contributed by atoms with E-state index < -0.39 is 12.1 Å². The van der Waals surface area contributed by atoms with E-state index in [1.54, 1.807) is 0 Å². The van der Waals surface area contributed by atoms with Crippen molar-refractivity contribution in [1.29, 1.82) is 0 Å². The predicted molar refractivity (Wildman–Crippen MR) is 98.1 cm³/mol. The molecule has 1 atom stereocenters. The molecule has 1 unspecified atom stereocenters. The number of rotatable bonds is 17. The van der Waals surface area contributed by atoms with Gasteiger partial charge in [0.05, 0.1) is 6.42 Å². The third kappa shape index (κ3) is 15.8. The molecule has 0 fully saturated rings. The van der Waals surface area contributed by atoms with Crippen LogP contribution in [0.5, 0.6) is 0 Å². The highest BCUT2D eigenvalue weighted by atomic mass is 16.5. The molecule has 4 nitrogen and oxygen atoms in total. The van der Waals surface area contributed by atoms with Crippen LogP contribution in [0, 0.1) is 0 Å². The van der Waals surface area contributed by atoms with E-state index in [4.69, 9.17) is 9.84 Å². The summed E-state index contributed by atoms with van der Waals surface area (Å²) in [6, 6.07) is 0. The summed E-state index contributed by atoms with van der Waals surface area (Å²) in [7, 11) is 0. The molecule has 0 radical (unpaired) electrons. The van der Waals surface area contributed by atoms with Crippen LogP contribution in [-0.2, 0) is 14.3 Å². The molecule has 0 bridgehead atoms. The van der Waals surface area contributed by atoms with Crippen molar-refractivity contribution in [2.24, 2.45) is 0 Å². The summed E-state index contributed by atoms with van der Waals surface area (Å²) in [5.74, 6) is -1.17. The van der Waals surface area contributed by atoms with Crippen LogP contribution < -0.4 is 0 Å². The molecule has 0 heterocycles. The lowest BCUT2D eigenvalue weighted by Crippen LogP contribution is -2.20. The molecule has 0 saturated carbocycles. The fourth-order valence-electron chi connectivity index (χ4n) is 2.82. The van der Waals surface area contributed by atoms with Crippen LogP contribution in [0.2, 0.25) is 0 Å². The van der Waals surface area contributed by atoms with Crippen LogP contribution in [0.15, 0.2) is 0 Å². The maximum absolute atomic E-state index is 11.7. The molecular weight excluding hydrogens is 304 g/mol. The number of aliphatic carboxylic acids is 1. The maximum atomic E-state index is 11.7. The van der Waals surface area contributed by atoms with E-state index in [2.05, 4.69) is 6.92 Å². The normalized spacial score (nSPS) is 12.1. The molecule has 0 aromatic carbocycles. The smallest absolute Gasteiger partial charge is 0.307 e. The van der Waals surface area contributed by atoms with Crippen LogP contribution in [0.3, 0.4) is 0 Å². The first kappa shape index (κ1) is 22.9. The number of hydrogen-bond acceptors (Lipinski definition) is 3. The van der Waals surface area contributed by atoms with Crippen LogP contribution in [0.1, 0.15) is 110 Å². The Kier molecular flexibility index (Phi) is 16.0. The summed E-state index contributed by atoms with van der Waals surface area (Å²) in [6.45, 7) is 4.09. The molecule has 0 aliphatic rings. The Morgan fingerprint density at radius 1 is 0.792 bits per heavy atom. The molecular formula is C20H38O4. The molecule has 4 heteroatoms. The van der Waals surface area contributed by atoms with Crippen molar-refractivity contribution in [3.63, 3.8) is 0 Å². The molecule has 0 aromatic rings. The second-order valence-electron chi connectivity index (χ2n) is 6.76. The molecule has 0 aromatic heterocycles. The first-order valence-electron chi connectivity index (χ1n) is 10.0. The first-order chi connectivity index (χ1) is 11.6. The summed E-state index contributed by atoms with van der Waals surface area (Å²) >= 11 is 0. The molecule has 0 spiro atoms. The molecule has 0 aliphatic heterocycles. The molecule has 1 N–H and O–H groups in total. The fraction of sp³-hybridized carbons (Fsp3) is 0.900. The Balaban J connectivity index is 3.37. The Morgan fingerprint density at radius 3 is 1.67 bits per heavy atom. The van der Waals surface area contributed by atoms with Crippen molar-refractivity contribution in [2.75, 3.05) is 0 Å². The monoisotopic (exact) mass is 342 g/mol. The van der Waals surface area contributed by atoms with Gasteiger partial charge in [-0.05, 0) is 12.8 Å². The first-order valence-corrected chi connectivity index (χ1v) is 10.0. The van der Waals surface area contributed by atoms with E-state index in [-0.39, 0.29) is 12.4 Å². The fourth-order valence-corrected chi connectivity index (χ4v) is 2.82. The highest BCUT2D eigenvalue weighted by Crippen LogP contribution is 2.13. The van der Waals surface area contributed by atoms with E-state index in [0.29, 0.717) is 12.8 Å². The maximum Gasteiger partial charge on any atom is 0.307 e. The van der Waals surface area contributed by atoms with Crippen LogP contribution in [0.4, 0.5) is 0 Å². The van der Waals surface area contributed by atoms with E-state index in [1.807, 2.05) is 6.92 Å². The number of carboxylic acids is 1. The molecule has 0 saturated heterocycles. The van der Waals surface area contributed by atoms with Crippen molar-refractivity contribution in [3.05, 3.63) is 0 Å². The predicted octanol–water partition coefficient (Wildman–Crippen LogP) is 5.87. The highest BCUT2D eigenvalue weighted by molar-refractivity contribution is 5.71. The van der Waals surface area contributed by atoms with Gasteiger partial charge in [0, 0.05) is 6.42 Å². The quantitative estimate of drug-likeness (QED) is 0.265. The summed E-state index contributed by atoms with van der Waals surface area (Å²) in [5, 5.41) is 8.73. The Hall–Kier alpha value is -1.06. The van der Waals surface area contributed by atoms with Gasteiger partial charge in [-0.15, -0.1) is 0 Å². The third-order valence-electron chi connectivity index (χ3n) is 4.39. The molecule has 142 valence electrons. The van der Waals surface area contributed by atoms with Gasteiger partial charge in [0.2, 0.25) is 0 Å². The van der Waals surface area contributed by atoms with Gasteiger partial charge in [-0.3, -0.25) is 9.59 Å². The summed E-state index contributed by atoms with van der Waals surface area (Å²) in [4.78, 5) is 22.3. The SMILES string of the molecule is CCCCCCCCCCCCCCC(=O)OC(CC)CC(=O)O. The number of carbonyl (C=O) groups excluding carboxylic acids is 1. The van der Waals surface area contributed by atoms with Gasteiger partial charge in [0.1, 0.15) is 6.10 Å². The lowest BCUT2D eigenvalue weighted by molar-refractivity contribution is -0.153. The molecule has 0 aliphatic carbocycles. The van der Waals surface area contributed by atoms with Crippen molar-refractivity contribution in [2.45, 2.75) is 116 Å². The van der Waals surface area contributed by atoms with Gasteiger partial charge >= 0.3 is 11.9 Å². The standard InChI is InChI=1S/C20H38O4/c1-3-5-6-7-8-9-10-11-12-13-14-15-16-20(23)24-18(4-2)17-19(21)22/h18H,3-17H2,1-2H3,(H,21,22).